The molecule has 31 heavy (non-hydrogen) atoms. The van der Waals surface area contributed by atoms with Crippen molar-refractivity contribution < 1.29 is 14.6 Å². The lowest BCUT2D eigenvalue weighted by atomic mass is 10.2. The lowest BCUT2D eigenvalue weighted by Gasteiger charge is -2.24. The molecule has 1 N–H and O–H groups in total. The van der Waals surface area contributed by atoms with Crippen molar-refractivity contribution in [2.45, 2.75) is 46.3 Å². The van der Waals surface area contributed by atoms with E-state index < -0.39 is 0 Å². The highest BCUT2D eigenvalue weighted by atomic mass is 16.5. The third kappa shape index (κ3) is 5.87. The number of ether oxygens (including phenoxy) is 2. The van der Waals surface area contributed by atoms with Crippen molar-refractivity contribution in [1.29, 1.82) is 0 Å². The molecule has 0 fully saturated rings. The van der Waals surface area contributed by atoms with Crippen LogP contribution in [0.1, 0.15) is 37.9 Å². The van der Waals surface area contributed by atoms with Crippen LogP contribution in [0.3, 0.4) is 0 Å². The molecule has 0 saturated heterocycles. The number of benzene rings is 2. The summed E-state index contributed by atoms with van der Waals surface area (Å²) in [5, 5.41) is 15.0. The second-order valence-corrected chi connectivity index (χ2v) is 7.69. The maximum atomic E-state index is 10.2. The Morgan fingerprint density at radius 3 is 2.48 bits per heavy atom. The number of hydrogen-bond donors (Lipinski definition) is 1. The minimum atomic E-state index is -0.348. The number of aryl methyl sites for hydroxylation is 1. The standard InChI is InChI=1S/C25H33N3O3/c1-5-15-27(17-21(29)6-2)18-24-19(3)26-28(20-11-8-7-9-12-20)25(24)31-23-14-10-13-22(16-23)30-4/h7-14,16,21,29H,5-6,15,17-18H2,1-4H3. The fraction of sp³-hybridized carbons (Fsp3) is 0.400. The van der Waals surface area contributed by atoms with E-state index in [2.05, 4.69) is 11.8 Å². The SMILES string of the molecule is CCCN(Cc1c(C)nn(-c2ccccc2)c1Oc1cccc(OC)c1)CC(O)CC. The molecule has 0 spiro atoms. The van der Waals surface area contributed by atoms with E-state index in [9.17, 15) is 5.11 Å². The molecule has 1 atom stereocenters. The van der Waals surface area contributed by atoms with Crippen LogP contribution < -0.4 is 9.47 Å². The lowest BCUT2D eigenvalue weighted by Crippen LogP contribution is -2.32. The van der Waals surface area contributed by atoms with Crippen LogP contribution in [0.4, 0.5) is 0 Å². The smallest absolute Gasteiger partial charge is 0.227 e. The first-order chi connectivity index (χ1) is 15.0. The Morgan fingerprint density at radius 2 is 1.81 bits per heavy atom. The van der Waals surface area contributed by atoms with Gasteiger partial charge in [-0.25, -0.2) is 4.68 Å². The van der Waals surface area contributed by atoms with Crippen molar-refractivity contribution in [3.05, 3.63) is 65.9 Å². The van der Waals surface area contributed by atoms with Crippen LogP contribution in [0.5, 0.6) is 17.4 Å². The molecule has 1 unspecified atom stereocenters. The zero-order valence-electron chi connectivity index (χ0n) is 18.9. The average Bonchev–Trinajstić information content (AvgIpc) is 3.09. The molecule has 6 nitrogen and oxygen atoms in total. The topological polar surface area (TPSA) is 59.8 Å². The Labute approximate surface area is 185 Å². The van der Waals surface area contributed by atoms with E-state index in [0.29, 0.717) is 24.7 Å². The molecular weight excluding hydrogens is 390 g/mol. The molecule has 0 aliphatic rings. The molecule has 0 aliphatic heterocycles. The summed E-state index contributed by atoms with van der Waals surface area (Å²) < 4.78 is 13.6. The van der Waals surface area contributed by atoms with E-state index in [1.165, 1.54) is 0 Å². The van der Waals surface area contributed by atoms with Gasteiger partial charge in [0, 0.05) is 19.2 Å². The number of aliphatic hydroxyl groups is 1. The first-order valence-electron chi connectivity index (χ1n) is 10.9. The van der Waals surface area contributed by atoms with E-state index in [-0.39, 0.29) is 6.10 Å². The van der Waals surface area contributed by atoms with Crippen LogP contribution in [0.2, 0.25) is 0 Å². The summed E-state index contributed by atoms with van der Waals surface area (Å²) in [7, 11) is 1.64. The van der Waals surface area contributed by atoms with Gasteiger partial charge in [0.15, 0.2) is 0 Å². The van der Waals surface area contributed by atoms with Crippen LogP contribution >= 0.6 is 0 Å². The van der Waals surface area contributed by atoms with Gasteiger partial charge in [-0.05, 0) is 50.6 Å². The van der Waals surface area contributed by atoms with Gasteiger partial charge in [0.05, 0.1) is 30.2 Å². The first kappa shape index (κ1) is 22.8. The van der Waals surface area contributed by atoms with Crippen molar-refractivity contribution in [2.24, 2.45) is 0 Å². The van der Waals surface area contributed by atoms with E-state index in [1.807, 2.05) is 73.1 Å². The molecule has 6 heteroatoms. The van der Waals surface area contributed by atoms with Gasteiger partial charge in [-0.3, -0.25) is 4.90 Å². The predicted octanol–water partition coefficient (Wildman–Crippen LogP) is 4.96. The van der Waals surface area contributed by atoms with Gasteiger partial charge in [-0.15, -0.1) is 0 Å². The average molecular weight is 424 g/mol. The molecule has 0 radical (unpaired) electrons. The van der Waals surface area contributed by atoms with E-state index >= 15 is 0 Å². The van der Waals surface area contributed by atoms with Gasteiger partial charge in [-0.2, -0.15) is 5.10 Å². The molecule has 1 heterocycles. The minimum absolute atomic E-state index is 0.348. The predicted molar refractivity (Wildman–Crippen MR) is 123 cm³/mol. The Balaban J connectivity index is 2.01. The number of aliphatic hydroxyl groups excluding tert-OH is 1. The Kier molecular flexibility index (Phi) is 8.09. The zero-order chi connectivity index (χ0) is 22.2. The number of rotatable bonds is 11. The third-order valence-electron chi connectivity index (χ3n) is 5.26. The van der Waals surface area contributed by atoms with Crippen molar-refractivity contribution in [3.63, 3.8) is 0 Å². The number of aromatic nitrogens is 2. The number of hydrogen-bond acceptors (Lipinski definition) is 5. The molecule has 0 amide bonds. The fourth-order valence-corrected chi connectivity index (χ4v) is 3.55. The molecule has 3 rings (SSSR count). The second kappa shape index (κ2) is 11.0. The Bertz CT molecular complexity index is 956. The van der Waals surface area contributed by atoms with Gasteiger partial charge in [0.2, 0.25) is 5.88 Å². The van der Waals surface area contributed by atoms with E-state index in [0.717, 1.165) is 42.1 Å². The summed E-state index contributed by atoms with van der Waals surface area (Å²) >= 11 is 0. The van der Waals surface area contributed by atoms with Crippen molar-refractivity contribution in [1.82, 2.24) is 14.7 Å². The normalized spacial score (nSPS) is 12.2. The molecule has 1 aromatic heterocycles. The summed E-state index contributed by atoms with van der Waals surface area (Å²) in [5.74, 6) is 2.11. The molecule has 3 aromatic rings. The van der Waals surface area contributed by atoms with Gasteiger partial charge < -0.3 is 14.6 Å². The Morgan fingerprint density at radius 1 is 1.06 bits per heavy atom. The molecule has 0 bridgehead atoms. The monoisotopic (exact) mass is 423 g/mol. The molecule has 2 aromatic carbocycles. The van der Waals surface area contributed by atoms with E-state index in [1.54, 1.807) is 7.11 Å². The van der Waals surface area contributed by atoms with E-state index in [4.69, 9.17) is 14.6 Å². The summed E-state index contributed by atoms with van der Waals surface area (Å²) in [6.07, 6.45) is 1.39. The molecular formula is C25H33N3O3. The summed E-state index contributed by atoms with van der Waals surface area (Å²) in [6.45, 7) is 8.34. The highest BCUT2D eigenvalue weighted by Gasteiger charge is 2.22. The van der Waals surface area contributed by atoms with Crippen molar-refractivity contribution in [3.8, 4) is 23.1 Å². The zero-order valence-corrected chi connectivity index (χ0v) is 18.9. The summed E-state index contributed by atoms with van der Waals surface area (Å²) in [5.41, 5.74) is 2.86. The summed E-state index contributed by atoms with van der Waals surface area (Å²) in [6, 6.07) is 17.6. The molecule has 0 aliphatic carbocycles. The largest absolute Gasteiger partial charge is 0.497 e. The number of para-hydroxylation sites is 1. The fourth-order valence-electron chi connectivity index (χ4n) is 3.55. The number of nitrogens with zero attached hydrogens (tertiary/aromatic N) is 3. The highest BCUT2D eigenvalue weighted by molar-refractivity contribution is 5.44. The van der Waals surface area contributed by atoms with Crippen LogP contribution in [0.25, 0.3) is 5.69 Å². The van der Waals surface area contributed by atoms with Crippen molar-refractivity contribution >= 4 is 0 Å². The minimum Gasteiger partial charge on any atom is -0.497 e. The van der Waals surface area contributed by atoms with Crippen LogP contribution in [-0.4, -0.2) is 46.1 Å². The van der Waals surface area contributed by atoms with Gasteiger partial charge in [0.1, 0.15) is 11.5 Å². The van der Waals surface area contributed by atoms with Crippen molar-refractivity contribution in [2.75, 3.05) is 20.2 Å². The number of methoxy groups -OCH3 is 1. The highest BCUT2D eigenvalue weighted by Crippen LogP contribution is 2.33. The van der Waals surface area contributed by atoms with Gasteiger partial charge in [-0.1, -0.05) is 38.1 Å². The molecule has 0 saturated carbocycles. The van der Waals surface area contributed by atoms with Gasteiger partial charge in [0.25, 0.3) is 0 Å². The van der Waals surface area contributed by atoms with Crippen LogP contribution in [0.15, 0.2) is 54.6 Å². The van der Waals surface area contributed by atoms with Gasteiger partial charge >= 0.3 is 0 Å². The quantitative estimate of drug-likeness (QED) is 0.472. The molecule has 166 valence electrons. The maximum Gasteiger partial charge on any atom is 0.227 e. The van der Waals surface area contributed by atoms with Crippen LogP contribution in [-0.2, 0) is 6.54 Å². The second-order valence-electron chi connectivity index (χ2n) is 7.69. The summed E-state index contributed by atoms with van der Waals surface area (Å²) in [4.78, 5) is 2.27. The lowest BCUT2D eigenvalue weighted by molar-refractivity contribution is 0.105. The first-order valence-corrected chi connectivity index (χ1v) is 10.9. The van der Waals surface area contributed by atoms with Crippen LogP contribution in [0, 0.1) is 6.92 Å². The maximum absolute atomic E-state index is 10.2. The Hall–Kier alpha value is -2.83. The third-order valence-corrected chi connectivity index (χ3v) is 5.26.